The number of amides is 1. The summed E-state index contributed by atoms with van der Waals surface area (Å²) in [5, 5.41) is 13.7. The van der Waals surface area contributed by atoms with Crippen molar-refractivity contribution in [3.8, 4) is 0 Å². The predicted octanol–water partition coefficient (Wildman–Crippen LogP) is -0.423. The highest BCUT2D eigenvalue weighted by Gasteiger charge is 2.00. The van der Waals surface area contributed by atoms with E-state index in [-0.39, 0.29) is 25.4 Å². The molecule has 0 aromatic rings. The molecule has 0 atom stereocenters. The fourth-order valence-electron chi connectivity index (χ4n) is 0.750. The fourth-order valence-corrected chi connectivity index (χ4v) is 0.750. The molecule has 0 aliphatic rings. The van der Waals surface area contributed by atoms with Gasteiger partial charge in [0.1, 0.15) is 0 Å². The minimum Gasteiger partial charge on any atom is -0.481 e. The Morgan fingerprint density at radius 3 is 2.54 bits per heavy atom. The van der Waals surface area contributed by atoms with Gasteiger partial charge in [-0.2, -0.15) is 0 Å². The summed E-state index contributed by atoms with van der Waals surface area (Å²) in [5.74, 6) is -1.06. The first-order valence-electron chi connectivity index (χ1n) is 4.36. The molecule has 0 aromatic carbocycles. The van der Waals surface area contributed by atoms with Crippen LogP contribution in [0.3, 0.4) is 0 Å². The Labute approximate surface area is 77.5 Å². The van der Waals surface area contributed by atoms with Gasteiger partial charge >= 0.3 is 5.97 Å². The Morgan fingerprint density at radius 2 is 2.00 bits per heavy atom. The lowest BCUT2D eigenvalue weighted by molar-refractivity contribution is -0.136. The highest BCUT2D eigenvalue weighted by Crippen LogP contribution is 1.75. The maximum absolute atomic E-state index is 10.9. The normalized spacial score (nSPS) is 9.62. The van der Waals surface area contributed by atoms with E-state index in [1.165, 1.54) is 0 Å². The Morgan fingerprint density at radius 1 is 1.31 bits per heavy atom. The number of carboxylic acid groups (broad SMARTS) is 1. The molecule has 1 amide bonds. The summed E-state index contributed by atoms with van der Waals surface area (Å²) < 4.78 is 0. The lowest BCUT2D eigenvalue weighted by Crippen LogP contribution is -2.35. The minimum absolute atomic E-state index is 0.0283. The minimum atomic E-state index is -0.901. The van der Waals surface area contributed by atoms with Crippen LogP contribution in [0.25, 0.3) is 0 Å². The monoisotopic (exact) mass is 188 g/mol. The molecule has 0 spiro atoms. The summed E-state index contributed by atoms with van der Waals surface area (Å²) in [7, 11) is 0. The maximum atomic E-state index is 10.9. The molecule has 0 rings (SSSR count). The van der Waals surface area contributed by atoms with Crippen molar-refractivity contribution in [2.75, 3.05) is 19.6 Å². The van der Waals surface area contributed by atoms with Crippen molar-refractivity contribution >= 4 is 11.9 Å². The van der Waals surface area contributed by atoms with Crippen LogP contribution in [0.4, 0.5) is 0 Å². The van der Waals surface area contributed by atoms with E-state index in [0.29, 0.717) is 0 Å². The van der Waals surface area contributed by atoms with Crippen LogP contribution in [0.2, 0.25) is 0 Å². The molecule has 0 radical (unpaired) electrons. The molecule has 13 heavy (non-hydrogen) atoms. The van der Waals surface area contributed by atoms with Gasteiger partial charge in [0.05, 0.1) is 13.0 Å². The van der Waals surface area contributed by atoms with Gasteiger partial charge in [-0.25, -0.2) is 0 Å². The Kier molecular flexibility index (Phi) is 6.91. The number of nitrogens with one attached hydrogen (secondary N) is 2. The number of aliphatic carboxylic acids is 1. The quantitative estimate of drug-likeness (QED) is 0.474. The number of rotatable bonds is 7. The molecule has 0 bridgehead atoms. The van der Waals surface area contributed by atoms with Crippen molar-refractivity contribution in [2.24, 2.45) is 0 Å². The SMILES string of the molecule is CCCNCC(=O)NCCC(=O)O. The number of hydrogen-bond acceptors (Lipinski definition) is 3. The lowest BCUT2D eigenvalue weighted by atomic mass is 10.4. The highest BCUT2D eigenvalue weighted by atomic mass is 16.4. The zero-order valence-corrected chi connectivity index (χ0v) is 7.80. The van der Waals surface area contributed by atoms with Crippen molar-refractivity contribution in [2.45, 2.75) is 19.8 Å². The van der Waals surface area contributed by atoms with E-state index >= 15 is 0 Å². The van der Waals surface area contributed by atoms with Crippen LogP contribution in [0.5, 0.6) is 0 Å². The first kappa shape index (κ1) is 11.9. The van der Waals surface area contributed by atoms with Crippen LogP contribution in [0.15, 0.2) is 0 Å². The van der Waals surface area contributed by atoms with Gasteiger partial charge < -0.3 is 15.7 Å². The summed E-state index contributed by atoms with van der Waals surface area (Å²) in [6, 6.07) is 0. The number of carboxylic acids is 1. The number of carbonyl (C=O) groups excluding carboxylic acids is 1. The zero-order chi connectivity index (χ0) is 10.1. The number of hydrogen-bond donors (Lipinski definition) is 3. The largest absolute Gasteiger partial charge is 0.481 e. The van der Waals surface area contributed by atoms with Crippen LogP contribution < -0.4 is 10.6 Å². The van der Waals surface area contributed by atoms with E-state index in [9.17, 15) is 9.59 Å². The molecular weight excluding hydrogens is 172 g/mol. The standard InChI is InChI=1S/C8H16N2O3/c1-2-4-9-6-7(11)10-5-3-8(12)13/h9H,2-6H2,1H3,(H,10,11)(H,12,13). The van der Waals surface area contributed by atoms with Crippen molar-refractivity contribution in [1.82, 2.24) is 10.6 Å². The van der Waals surface area contributed by atoms with Crippen molar-refractivity contribution in [1.29, 1.82) is 0 Å². The maximum Gasteiger partial charge on any atom is 0.305 e. The third-order valence-electron chi connectivity index (χ3n) is 1.37. The van der Waals surface area contributed by atoms with E-state index in [0.717, 1.165) is 13.0 Å². The fraction of sp³-hybridized carbons (Fsp3) is 0.750. The molecular formula is C8H16N2O3. The smallest absolute Gasteiger partial charge is 0.305 e. The molecule has 0 aromatic heterocycles. The van der Waals surface area contributed by atoms with Gasteiger partial charge in [0.15, 0.2) is 0 Å². The van der Waals surface area contributed by atoms with Gasteiger partial charge in [-0.3, -0.25) is 9.59 Å². The summed E-state index contributed by atoms with van der Waals surface area (Å²) in [4.78, 5) is 21.0. The molecule has 3 N–H and O–H groups in total. The molecule has 76 valence electrons. The van der Waals surface area contributed by atoms with Gasteiger partial charge in [0.25, 0.3) is 0 Å². The van der Waals surface area contributed by atoms with E-state index in [1.54, 1.807) is 0 Å². The summed E-state index contributed by atoms with van der Waals surface area (Å²) in [5.41, 5.74) is 0. The number of carbonyl (C=O) groups is 2. The van der Waals surface area contributed by atoms with Gasteiger partial charge in [-0.1, -0.05) is 6.92 Å². The molecule has 0 aliphatic carbocycles. The zero-order valence-electron chi connectivity index (χ0n) is 7.80. The van der Waals surface area contributed by atoms with E-state index in [2.05, 4.69) is 10.6 Å². The molecule has 5 heteroatoms. The van der Waals surface area contributed by atoms with Gasteiger partial charge in [-0.05, 0) is 13.0 Å². The first-order chi connectivity index (χ1) is 6.16. The second-order valence-corrected chi connectivity index (χ2v) is 2.67. The lowest BCUT2D eigenvalue weighted by Gasteiger charge is -2.03. The van der Waals surface area contributed by atoms with Crippen LogP contribution >= 0.6 is 0 Å². The predicted molar refractivity (Wildman–Crippen MR) is 48.4 cm³/mol. The second-order valence-electron chi connectivity index (χ2n) is 2.67. The summed E-state index contributed by atoms with van der Waals surface area (Å²) in [6.45, 7) is 3.26. The average Bonchev–Trinajstić information content (AvgIpc) is 2.04. The first-order valence-corrected chi connectivity index (χ1v) is 4.36. The molecule has 0 heterocycles. The van der Waals surface area contributed by atoms with E-state index < -0.39 is 5.97 Å². The van der Waals surface area contributed by atoms with Crippen molar-refractivity contribution < 1.29 is 14.7 Å². The second kappa shape index (κ2) is 7.54. The molecule has 0 saturated carbocycles. The molecule has 0 aliphatic heterocycles. The summed E-state index contributed by atoms with van der Waals surface area (Å²) in [6.07, 6.45) is 0.946. The van der Waals surface area contributed by atoms with Crippen molar-refractivity contribution in [3.05, 3.63) is 0 Å². The van der Waals surface area contributed by atoms with Crippen LogP contribution in [0.1, 0.15) is 19.8 Å². The average molecular weight is 188 g/mol. The highest BCUT2D eigenvalue weighted by molar-refractivity contribution is 5.78. The van der Waals surface area contributed by atoms with Crippen LogP contribution in [-0.4, -0.2) is 36.6 Å². The Balaban J connectivity index is 3.25. The van der Waals surface area contributed by atoms with Gasteiger partial charge in [0, 0.05) is 6.54 Å². The summed E-state index contributed by atoms with van der Waals surface area (Å²) >= 11 is 0. The molecule has 0 unspecified atom stereocenters. The third-order valence-corrected chi connectivity index (χ3v) is 1.37. The van der Waals surface area contributed by atoms with Crippen LogP contribution in [-0.2, 0) is 9.59 Å². The topological polar surface area (TPSA) is 78.4 Å². The van der Waals surface area contributed by atoms with Crippen molar-refractivity contribution in [3.63, 3.8) is 0 Å². The van der Waals surface area contributed by atoms with E-state index in [1.807, 2.05) is 6.92 Å². The molecule has 0 fully saturated rings. The third kappa shape index (κ3) is 8.81. The molecule has 5 nitrogen and oxygen atoms in total. The Hall–Kier alpha value is -1.10. The van der Waals surface area contributed by atoms with Crippen LogP contribution in [0, 0.1) is 0 Å². The molecule has 0 saturated heterocycles. The Bertz CT molecular complexity index is 171. The van der Waals surface area contributed by atoms with Gasteiger partial charge in [-0.15, -0.1) is 0 Å². The van der Waals surface area contributed by atoms with E-state index in [4.69, 9.17) is 5.11 Å². The van der Waals surface area contributed by atoms with Gasteiger partial charge in [0.2, 0.25) is 5.91 Å².